The van der Waals surface area contributed by atoms with Crippen molar-refractivity contribution in [3.63, 3.8) is 0 Å². The molecule has 0 radical (unpaired) electrons. The van der Waals surface area contributed by atoms with Crippen molar-refractivity contribution in [1.29, 1.82) is 0 Å². The van der Waals surface area contributed by atoms with Crippen molar-refractivity contribution in [2.24, 2.45) is 0 Å². The lowest BCUT2D eigenvalue weighted by Gasteiger charge is -2.33. The number of sulfonamides is 1. The van der Waals surface area contributed by atoms with Gasteiger partial charge in [-0.2, -0.15) is 4.31 Å². The fourth-order valence-electron chi connectivity index (χ4n) is 3.57. The number of rotatable bonds is 7. The Morgan fingerprint density at radius 2 is 2.04 bits per heavy atom. The van der Waals surface area contributed by atoms with E-state index in [1.54, 1.807) is 0 Å². The van der Waals surface area contributed by atoms with Gasteiger partial charge in [0.1, 0.15) is 12.6 Å². The van der Waals surface area contributed by atoms with Gasteiger partial charge in [0.15, 0.2) is 0 Å². The van der Waals surface area contributed by atoms with Crippen LogP contribution in [0.1, 0.15) is 44.6 Å². The Morgan fingerprint density at radius 3 is 2.82 bits per heavy atom. The highest BCUT2D eigenvalue weighted by atomic mass is 79.9. The molecule has 0 spiro atoms. The Labute approximate surface area is 175 Å². The maximum atomic E-state index is 12.7. The van der Waals surface area contributed by atoms with Gasteiger partial charge in [0.25, 0.3) is 0 Å². The van der Waals surface area contributed by atoms with E-state index in [0.29, 0.717) is 19.4 Å². The lowest BCUT2D eigenvalue weighted by Crippen LogP contribution is -2.49. The first-order chi connectivity index (χ1) is 13.4. The minimum absolute atomic E-state index is 0.0882. The summed E-state index contributed by atoms with van der Waals surface area (Å²) in [6.45, 7) is 2.48. The minimum Gasteiger partial charge on any atom is -0.460 e. The first-order valence-corrected chi connectivity index (χ1v) is 12.2. The number of nitrogens with zero attached hydrogens (tertiary/aromatic N) is 1. The Kier molecular flexibility index (Phi) is 7.12. The average Bonchev–Trinajstić information content (AvgIpc) is 2.70. The molecular formula is C21H26BrNO4S. The van der Waals surface area contributed by atoms with Gasteiger partial charge < -0.3 is 4.74 Å². The van der Waals surface area contributed by atoms with Crippen molar-refractivity contribution < 1.29 is 17.9 Å². The third-order valence-electron chi connectivity index (χ3n) is 5.09. The second-order valence-corrected chi connectivity index (χ2v) is 10.1. The van der Waals surface area contributed by atoms with Crippen molar-refractivity contribution in [2.75, 3.05) is 12.3 Å². The molecule has 1 aliphatic heterocycles. The van der Waals surface area contributed by atoms with Crippen LogP contribution in [-0.4, -0.2) is 37.0 Å². The highest BCUT2D eigenvalue weighted by molar-refractivity contribution is 9.10. The predicted molar refractivity (Wildman–Crippen MR) is 114 cm³/mol. The van der Waals surface area contributed by atoms with Gasteiger partial charge in [0.2, 0.25) is 10.0 Å². The summed E-state index contributed by atoms with van der Waals surface area (Å²) in [4.78, 5) is 12.7. The van der Waals surface area contributed by atoms with Gasteiger partial charge in [-0.25, -0.2) is 8.42 Å². The SMILES string of the molecule is CCCCS(=O)(=O)N1CCCCC1C(=O)OCc1cc(Br)c2ccccc2c1. The standard InChI is InChI=1S/C21H26BrNO4S/c1-2-3-12-28(25,26)23-11-7-6-10-20(23)21(24)27-15-16-13-17-8-4-5-9-18(17)19(22)14-16/h4-5,8-9,13-14,20H,2-3,6-7,10-12,15H2,1H3. The fraction of sp³-hybridized carbons (Fsp3) is 0.476. The highest BCUT2D eigenvalue weighted by Crippen LogP contribution is 2.27. The van der Waals surface area contributed by atoms with E-state index in [4.69, 9.17) is 4.74 Å². The van der Waals surface area contributed by atoms with E-state index in [2.05, 4.69) is 15.9 Å². The zero-order valence-corrected chi connectivity index (χ0v) is 18.5. The summed E-state index contributed by atoms with van der Waals surface area (Å²) < 4.78 is 33.1. The van der Waals surface area contributed by atoms with E-state index in [1.807, 2.05) is 43.3 Å². The number of piperidine rings is 1. The lowest BCUT2D eigenvalue weighted by molar-refractivity contribution is -0.150. The summed E-state index contributed by atoms with van der Waals surface area (Å²) in [7, 11) is -3.43. The van der Waals surface area contributed by atoms with E-state index in [9.17, 15) is 13.2 Å². The van der Waals surface area contributed by atoms with Crippen LogP contribution in [0.5, 0.6) is 0 Å². The molecule has 0 bridgehead atoms. The third kappa shape index (κ3) is 4.93. The molecule has 0 aromatic heterocycles. The van der Waals surface area contributed by atoms with E-state index in [1.165, 1.54) is 4.31 Å². The quantitative estimate of drug-likeness (QED) is 0.556. The molecule has 152 valence electrons. The van der Waals surface area contributed by atoms with Gasteiger partial charge in [0, 0.05) is 11.0 Å². The molecule has 0 saturated carbocycles. The molecule has 5 nitrogen and oxygen atoms in total. The number of unbranched alkanes of at least 4 members (excludes halogenated alkanes) is 1. The van der Waals surface area contributed by atoms with Crippen molar-refractivity contribution >= 4 is 42.7 Å². The smallest absolute Gasteiger partial charge is 0.324 e. The first-order valence-electron chi connectivity index (χ1n) is 9.75. The van der Waals surface area contributed by atoms with Gasteiger partial charge in [-0.3, -0.25) is 4.79 Å². The second kappa shape index (κ2) is 9.37. The molecule has 0 amide bonds. The number of hydrogen-bond donors (Lipinski definition) is 0. The average molecular weight is 468 g/mol. The zero-order valence-electron chi connectivity index (χ0n) is 16.1. The molecule has 28 heavy (non-hydrogen) atoms. The number of benzene rings is 2. The summed E-state index contributed by atoms with van der Waals surface area (Å²) >= 11 is 3.56. The molecule has 7 heteroatoms. The highest BCUT2D eigenvalue weighted by Gasteiger charge is 2.37. The summed E-state index contributed by atoms with van der Waals surface area (Å²) in [5, 5.41) is 2.16. The van der Waals surface area contributed by atoms with E-state index < -0.39 is 22.0 Å². The molecule has 1 aliphatic rings. The Bertz CT molecular complexity index is 945. The van der Waals surface area contributed by atoms with Crippen molar-refractivity contribution in [3.8, 4) is 0 Å². The van der Waals surface area contributed by atoms with Crippen LogP contribution in [0, 0.1) is 0 Å². The Hall–Kier alpha value is -1.44. The normalized spacial score (nSPS) is 18.3. The fourth-order valence-corrected chi connectivity index (χ4v) is 6.10. The third-order valence-corrected chi connectivity index (χ3v) is 7.70. The number of esters is 1. The zero-order chi connectivity index (χ0) is 20.1. The summed E-state index contributed by atoms with van der Waals surface area (Å²) in [5.41, 5.74) is 0.870. The van der Waals surface area contributed by atoms with Crippen LogP contribution >= 0.6 is 15.9 Å². The van der Waals surface area contributed by atoms with Crippen LogP contribution in [-0.2, 0) is 26.2 Å². The molecule has 2 aromatic rings. The van der Waals surface area contributed by atoms with Crippen LogP contribution < -0.4 is 0 Å². The molecule has 3 rings (SSSR count). The van der Waals surface area contributed by atoms with Gasteiger partial charge in [0.05, 0.1) is 5.75 Å². The van der Waals surface area contributed by atoms with Crippen LogP contribution in [0.25, 0.3) is 10.8 Å². The van der Waals surface area contributed by atoms with Crippen LogP contribution in [0.3, 0.4) is 0 Å². The van der Waals surface area contributed by atoms with Crippen LogP contribution in [0.4, 0.5) is 0 Å². The molecule has 0 aliphatic carbocycles. The number of hydrogen-bond acceptors (Lipinski definition) is 4. The van der Waals surface area contributed by atoms with Crippen LogP contribution in [0.15, 0.2) is 40.9 Å². The Balaban J connectivity index is 1.71. The van der Waals surface area contributed by atoms with E-state index >= 15 is 0 Å². The number of fused-ring (bicyclic) bond motifs is 1. The van der Waals surface area contributed by atoms with Gasteiger partial charge in [-0.15, -0.1) is 0 Å². The molecule has 1 saturated heterocycles. The minimum atomic E-state index is -3.43. The predicted octanol–water partition coefficient (Wildman–Crippen LogP) is 4.63. The molecule has 1 fully saturated rings. The van der Waals surface area contributed by atoms with Crippen LogP contribution in [0.2, 0.25) is 0 Å². The topological polar surface area (TPSA) is 63.7 Å². The monoisotopic (exact) mass is 467 g/mol. The number of carbonyl (C=O) groups excluding carboxylic acids is 1. The first kappa shape index (κ1) is 21.3. The molecule has 0 N–H and O–H groups in total. The Morgan fingerprint density at radius 1 is 1.25 bits per heavy atom. The molecule has 1 unspecified atom stereocenters. The number of carbonyl (C=O) groups is 1. The maximum absolute atomic E-state index is 12.7. The largest absolute Gasteiger partial charge is 0.460 e. The summed E-state index contributed by atoms with van der Waals surface area (Å²) in [6, 6.07) is 11.2. The van der Waals surface area contributed by atoms with Gasteiger partial charge in [-0.1, -0.05) is 53.5 Å². The lowest BCUT2D eigenvalue weighted by atomic mass is 10.1. The van der Waals surface area contributed by atoms with Crippen molar-refractivity contribution in [3.05, 3.63) is 46.4 Å². The van der Waals surface area contributed by atoms with Gasteiger partial charge in [-0.05, 0) is 54.2 Å². The number of ether oxygens (including phenoxy) is 1. The van der Waals surface area contributed by atoms with Crippen molar-refractivity contribution in [2.45, 2.75) is 51.7 Å². The molecule has 1 atom stereocenters. The molecule has 2 aromatic carbocycles. The number of halogens is 1. The summed E-state index contributed by atoms with van der Waals surface area (Å²) in [6.07, 6.45) is 3.55. The van der Waals surface area contributed by atoms with Gasteiger partial charge >= 0.3 is 5.97 Å². The maximum Gasteiger partial charge on any atom is 0.324 e. The summed E-state index contributed by atoms with van der Waals surface area (Å²) in [5.74, 6) is -0.366. The van der Waals surface area contributed by atoms with Crippen molar-refractivity contribution in [1.82, 2.24) is 4.31 Å². The van der Waals surface area contributed by atoms with E-state index in [-0.39, 0.29) is 12.4 Å². The van der Waals surface area contributed by atoms with E-state index in [0.717, 1.165) is 40.1 Å². The molecule has 1 heterocycles. The molecular weight excluding hydrogens is 442 g/mol. The second-order valence-electron chi connectivity index (χ2n) is 7.20.